The molecule has 0 fully saturated rings. The maximum absolute atomic E-state index is 12.7. The van der Waals surface area contributed by atoms with Gasteiger partial charge < -0.3 is 18.9 Å². The standard InChI is InChI=1S/C50H90NO8P/c1-6-8-10-12-14-16-18-20-22-24-25-27-28-30-32-34-36-38-40-42-49(52)56-46-48(47-58-60(54,55)57-45-44-51(3,4)5)59-50(53)43-41-39-37-35-33-31-29-26-23-21-19-17-15-13-11-9-7-2/h14-17,20-23,29,31,48H,6-13,18-19,24-28,30,32-47H2,1-5H3/p+1/b16-14-,17-15-,22-20-,23-21-,31-29-/t48-/m1/s1. The first-order valence-electron chi connectivity index (χ1n) is 24.0. The van der Waals surface area contributed by atoms with E-state index in [2.05, 4.69) is 74.6 Å². The lowest BCUT2D eigenvalue weighted by Gasteiger charge is -2.24. The third-order valence-corrected chi connectivity index (χ3v) is 11.0. The number of nitrogens with zero attached hydrogens (tertiary/aromatic N) is 1. The van der Waals surface area contributed by atoms with Gasteiger partial charge in [0.1, 0.15) is 19.8 Å². The van der Waals surface area contributed by atoms with Gasteiger partial charge in [-0.05, 0) is 83.5 Å². The number of quaternary nitrogens is 1. The van der Waals surface area contributed by atoms with Crippen LogP contribution < -0.4 is 0 Å². The van der Waals surface area contributed by atoms with Gasteiger partial charge in [-0.1, -0.05) is 158 Å². The molecule has 0 bridgehead atoms. The van der Waals surface area contributed by atoms with E-state index in [0.717, 1.165) is 64.2 Å². The summed E-state index contributed by atoms with van der Waals surface area (Å²) in [5.41, 5.74) is 0. The number of hydrogen-bond acceptors (Lipinski definition) is 7. The van der Waals surface area contributed by atoms with Gasteiger partial charge >= 0.3 is 19.8 Å². The van der Waals surface area contributed by atoms with E-state index in [4.69, 9.17) is 18.5 Å². The first-order chi connectivity index (χ1) is 29.0. The van der Waals surface area contributed by atoms with Gasteiger partial charge in [-0.15, -0.1) is 0 Å². The molecule has 0 aromatic heterocycles. The number of likely N-dealkylation sites (N-methyl/N-ethyl adjacent to an activating group) is 1. The van der Waals surface area contributed by atoms with Crippen LogP contribution in [0, 0.1) is 0 Å². The fourth-order valence-corrected chi connectivity index (χ4v) is 6.97. The van der Waals surface area contributed by atoms with E-state index in [9.17, 15) is 19.0 Å². The molecule has 10 heteroatoms. The minimum atomic E-state index is -4.39. The Kier molecular flexibility index (Phi) is 40.4. The third kappa shape index (κ3) is 45.2. The average Bonchev–Trinajstić information content (AvgIpc) is 3.20. The summed E-state index contributed by atoms with van der Waals surface area (Å²) in [7, 11) is 1.45. The Hall–Kier alpha value is -2.29. The molecule has 9 nitrogen and oxygen atoms in total. The van der Waals surface area contributed by atoms with Crippen molar-refractivity contribution in [3.05, 3.63) is 60.8 Å². The molecule has 1 N–H and O–H groups in total. The summed E-state index contributed by atoms with van der Waals surface area (Å²) in [4.78, 5) is 35.5. The molecule has 0 rings (SSSR count). The van der Waals surface area contributed by atoms with Crippen molar-refractivity contribution in [2.24, 2.45) is 0 Å². The molecule has 0 aliphatic carbocycles. The second-order valence-corrected chi connectivity index (χ2v) is 18.6. The molecule has 348 valence electrons. The van der Waals surface area contributed by atoms with Crippen LogP contribution in [0.1, 0.15) is 194 Å². The van der Waals surface area contributed by atoms with Crippen molar-refractivity contribution in [1.29, 1.82) is 0 Å². The van der Waals surface area contributed by atoms with Crippen LogP contribution in [0.15, 0.2) is 60.8 Å². The number of carbonyl (C=O) groups is 2. The fourth-order valence-electron chi connectivity index (χ4n) is 6.23. The summed E-state index contributed by atoms with van der Waals surface area (Å²) in [6, 6.07) is 0. The van der Waals surface area contributed by atoms with Crippen molar-refractivity contribution < 1.29 is 42.1 Å². The van der Waals surface area contributed by atoms with Crippen LogP contribution in [-0.4, -0.2) is 74.9 Å². The molecule has 0 aromatic carbocycles. The topological polar surface area (TPSA) is 108 Å². The molecule has 0 aliphatic heterocycles. The number of rotatable bonds is 43. The van der Waals surface area contributed by atoms with Crippen LogP contribution in [0.3, 0.4) is 0 Å². The highest BCUT2D eigenvalue weighted by Crippen LogP contribution is 2.43. The summed E-state index contributed by atoms with van der Waals surface area (Å²) in [5, 5.41) is 0. The van der Waals surface area contributed by atoms with Gasteiger partial charge in [-0.2, -0.15) is 0 Å². The maximum atomic E-state index is 12.7. The SMILES string of the molecule is CCCCC/C=C\C/C=C\C/C=C\CCCCCCC(=O)O[C@H](COC(=O)CCCCCCCCCCC/C=C\C/C=C\CCCCC)COP(=O)(O)OCC[N+](C)(C)C. The molecule has 0 heterocycles. The lowest BCUT2D eigenvalue weighted by molar-refractivity contribution is -0.870. The van der Waals surface area contributed by atoms with Gasteiger partial charge in [0.2, 0.25) is 0 Å². The molecule has 2 atom stereocenters. The smallest absolute Gasteiger partial charge is 0.462 e. The van der Waals surface area contributed by atoms with E-state index in [1.165, 1.54) is 96.3 Å². The number of carbonyl (C=O) groups excluding carboxylic acids is 2. The van der Waals surface area contributed by atoms with Crippen molar-refractivity contribution in [1.82, 2.24) is 0 Å². The largest absolute Gasteiger partial charge is 0.472 e. The zero-order valence-corrected chi connectivity index (χ0v) is 40.1. The Balaban J connectivity index is 4.35. The Morgan fingerprint density at radius 2 is 0.900 bits per heavy atom. The van der Waals surface area contributed by atoms with Gasteiger partial charge in [0.15, 0.2) is 6.10 Å². The van der Waals surface area contributed by atoms with Crippen molar-refractivity contribution in [3.8, 4) is 0 Å². The molecule has 60 heavy (non-hydrogen) atoms. The maximum Gasteiger partial charge on any atom is 0.472 e. The summed E-state index contributed by atoms with van der Waals surface area (Å²) >= 11 is 0. The van der Waals surface area contributed by atoms with Crippen molar-refractivity contribution in [3.63, 3.8) is 0 Å². The van der Waals surface area contributed by atoms with E-state index >= 15 is 0 Å². The van der Waals surface area contributed by atoms with Gasteiger partial charge in [-0.25, -0.2) is 4.57 Å². The van der Waals surface area contributed by atoms with E-state index in [1.807, 2.05) is 21.1 Å². The Morgan fingerprint density at radius 3 is 1.33 bits per heavy atom. The third-order valence-electron chi connectivity index (χ3n) is 10.0. The van der Waals surface area contributed by atoms with E-state index in [0.29, 0.717) is 17.4 Å². The Morgan fingerprint density at radius 1 is 0.517 bits per heavy atom. The predicted molar refractivity (Wildman–Crippen MR) is 252 cm³/mol. The first kappa shape index (κ1) is 57.7. The minimum absolute atomic E-state index is 0.0241. The highest BCUT2D eigenvalue weighted by atomic mass is 31.2. The fraction of sp³-hybridized carbons (Fsp3) is 0.760. The number of ether oxygens (including phenoxy) is 2. The lowest BCUT2D eigenvalue weighted by atomic mass is 10.1. The second-order valence-electron chi connectivity index (χ2n) is 17.1. The molecule has 1 unspecified atom stereocenters. The van der Waals surface area contributed by atoms with E-state index in [-0.39, 0.29) is 32.0 Å². The zero-order valence-electron chi connectivity index (χ0n) is 39.2. The summed E-state index contributed by atoms with van der Waals surface area (Å²) in [6.07, 6.45) is 51.2. The van der Waals surface area contributed by atoms with Crippen molar-refractivity contribution >= 4 is 19.8 Å². The van der Waals surface area contributed by atoms with Crippen molar-refractivity contribution in [2.45, 2.75) is 200 Å². The van der Waals surface area contributed by atoms with Crippen LogP contribution in [0.25, 0.3) is 0 Å². The summed E-state index contributed by atoms with van der Waals surface area (Å²) in [5.74, 6) is -0.830. The number of unbranched alkanes of at least 4 members (excludes halogenated alkanes) is 19. The quantitative estimate of drug-likeness (QED) is 0.0212. The number of phosphoric acid groups is 1. The highest BCUT2D eigenvalue weighted by Gasteiger charge is 2.27. The van der Waals surface area contributed by atoms with Crippen molar-refractivity contribution in [2.75, 3.05) is 47.5 Å². The highest BCUT2D eigenvalue weighted by molar-refractivity contribution is 7.47. The van der Waals surface area contributed by atoms with Gasteiger partial charge in [-0.3, -0.25) is 18.6 Å². The van der Waals surface area contributed by atoms with Crippen LogP contribution in [0.4, 0.5) is 0 Å². The summed E-state index contributed by atoms with van der Waals surface area (Å²) < 4.78 is 34.4. The van der Waals surface area contributed by atoms with Crippen LogP contribution in [-0.2, 0) is 32.7 Å². The van der Waals surface area contributed by atoms with Gasteiger partial charge in [0.25, 0.3) is 0 Å². The van der Waals surface area contributed by atoms with Gasteiger partial charge in [0.05, 0.1) is 27.7 Å². The molecule has 0 aliphatic rings. The molecule has 0 saturated heterocycles. The minimum Gasteiger partial charge on any atom is -0.462 e. The van der Waals surface area contributed by atoms with E-state index in [1.54, 1.807) is 0 Å². The normalized spacial score (nSPS) is 14.0. The lowest BCUT2D eigenvalue weighted by Crippen LogP contribution is -2.37. The van der Waals surface area contributed by atoms with Crippen LogP contribution >= 0.6 is 7.82 Å². The van der Waals surface area contributed by atoms with Crippen LogP contribution in [0.2, 0.25) is 0 Å². The molecule has 0 saturated carbocycles. The average molecular weight is 865 g/mol. The molecular formula is C50H91NO8P+. The summed E-state index contributed by atoms with van der Waals surface area (Å²) in [6.45, 7) is 4.34. The molecular weight excluding hydrogens is 774 g/mol. The Bertz CT molecular complexity index is 1210. The van der Waals surface area contributed by atoms with E-state index < -0.39 is 26.5 Å². The number of esters is 2. The first-order valence-corrected chi connectivity index (χ1v) is 25.5. The molecule has 0 radical (unpaired) electrons. The monoisotopic (exact) mass is 865 g/mol. The number of hydrogen-bond donors (Lipinski definition) is 1. The number of allylic oxidation sites excluding steroid dienone is 10. The number of phosphoric ester groups is 1. The molecule has 0 amide bonds. The van der Waals surface area contributed by atoms with Crippen LogP contribution in [0.5, 0.6) is 0 Å². The molecule has 0 spiro atoms. The second kappa shape index (κ2) is 42.0. The van der Waals surface area contributed by atoms with Gasteiger partial charge in [0, 0.05) is 12.8 Å². The molecule has 0 aromatic rings. The Labute approximate surface area is 368 Å². The predicted octanol–water partition coefficient (Wildman–Crippen LogP) is 14.0. The zero-order chi connectivity index (χ0) is 44.3.